The summed E-state index contributed by atoms with van der Waals surface area (Å²) in [5.41, 5.74) is -0.285. The molecule has 1 aromatic rings. The van der Waals surface area contributed by atoms with Crippen LogP contribution in [0.25, 0.3) is 0 Å². The van der Waals surface area contributed by atoms with Crippen LogP contribution in [0.3, 0.4) is 0 Å². The van der Waals surface area contributed by atoms with Crippen LogP contribution in [0.4, 0.5) is 8.78 Å². The average molecular weight is 488 g/mol. The molecule has 166 valence electrons. The molecule has 1 aromatic carbocycles. The second kappa shape index (κ2) is 11.6. The predicted octanol–water partition coefficient (Wildman–Crippen LogP) is 4.87. The normalized spacial score (nSPS) is 18.7. The van der Waals surface area contributed by atoms with Crippen LogP contribution in [0, 0.1) is 0 Å². The van der Waals surface area contributed by atoms with Crippen molar-refractivity contribution in [3.63, 3.8) is 0 Å². The van der Waals surface area contributed by atoms with E-state index in [0.717, 1.165) is 25.3 Å². The second-order valence-corrected chi connectivity index (χ2v) is 8.48. The van der Waals surface area contributed by atoms with Gasteiger partial charge in [0.2, 0.25) is 5.91 Å². The van der Waals surface area contributed by atoms with Crippen LogP contribution in [-0.2, 0) is 15.5 Å². The van der Waals surface area contributed by atoms with E-state index in [0.29, 0.717) is 36.7 Å². The molecule has 8 heteroatoms. The van der Waals surface area contributed by atoms with E-state index in [-0.39, 0.29) is 23.9 Å². The standard InChI is InChI=1S/C22H28BrF2NO4/c23-17-8-5-7-16(15-17)22(24,25)19(27)13-12-18-9-6-10-20(28)26(18)14-4-2-1-3-11-21(29)30/h5,7-8,12-13,15,18-19,27H,1-4,6,9-11,14H2,(H,29,30)/b13-12+. The maximum Gasteiger partial charge on any atom is 0.303 e. The Balaban J connectivity index is 1.95. The summed E-state index contributed by atoms with van der Waals surface area (Å²) in [6, 6.07) is 5.34. The Kier molecular flexibility index (Phi) is 9.42. The number of hydrogen-bond acceptors (Lipinski definition) is 3. The van der Waals surface area contributed by atoms with E-state index in [2.05, 4.69) is 15.9 Å². The Morgan fingerprint density at radius 3 is 2.73 bits per heavy atom. The molecule has 1 aliphatic heterocycles. The Labute approximate surface area is 183 Å². The van der Waals surface area contributed by atoms with Gasteiger partial charge in [0.15, 0.2) is 0 Å². The number of aliphatic carboxylic acids is 1. The Morgan fingerprint density at radius 2 is 2.03 bits per heavy atom. The van der Waals surface area contributed by atoms with Crippen LogP contribution < -0.4 is 0 Å². The molecule has 0 radical (unpaired) electrons. The smallest absolute Gasteiger partial charge is 0.303 e. The summed E-state index contributed by atoms with van der Waals surface area (Å²) in [5.74, 6) is -4.28. The molecule has 2 atom stereocenters. The summed E-state index contributed by atoms with van der Waals surface area (Å²) < 4.78 is 29.7. The summed E-state index contributed by atoms with van der Waals surface area (Å²) in [5, 5.41) is 18.8. The molecule has 0 bridgehead atoms. The maximum atomic E-state index is 14.6. The van der Waals surface area contributed by atoms with Crippen LogP contribution in [0.2, 0.25) is 0 Å². The Bertz CT molecular complexity index is 756. The molecule has 0 spiro atoms. The number of halogens is 3. The molecular weight excluding hydrogens is 460 g/mol. The quantitative estimate of drug-likeness (QED) is 0.344. The molecule has 1 fully saturated rings. The van der Waals surface area contributed by atoms with Crippen LogP contribution in [0.5, 0.6) is 0 Å². The molecule has 2 N–H and O–H groups in total. The van der Waals surface area contributed by atoms with E-state index in [9.17, 15) is 23.5 Å². The largest absolute Gasteiger partial charge is 0.481 e. The number of likely N-dealkylation sites (tertiary alicyclic amines) is 1. The predicted molar refractivity (Wildman–Crippen MR) is 113 cm³/mol. The molecule has 1 aliphatic rings. The van der Waals surface area contributed by atoms with E-state index < -0.39 is 18.0 Å². The lowest BCUT2D eigenvalue weighted by atomic mass is 9.98. The van der Waals surface area contributed by atoms with Crippen molar-refractivity contribution in [3.8, 4) is 0 Å². The van der Waals surface area contributed by atoms with Gasteiger partial charge in [-0.1, -0.05) is 53.1 Å². The highest BCUT2D eigenvalue weighted by Crippen LogP contribution is 2.34. The average Bonchev–Trinajstić information content (AvgIpc) is 2.69. The lowest BCUT2D eigenvalue weighted by molar-refractivity contribution is -0.137. The van der Waals surface area contributed by atoms with Gasteiger partial charge in [-0.15, -0.1) is 0 Å². The fourth-order valence-electron chi connectivity index (χ4n) is 3.57. The zero-order chi connectivity index (χ0) is 22.1. The van der Waals surface area contributed by atoms with Gasteiger partial charge in [-0.3, -0.25) is 9.59 Å². The van der Waals surface area contributed by atoms with Crippen LogP contribution in [0.15, 0.2) is 40.9 Å². The fraction of sp³-hybridized carbons (Fsp3) is 0.545. The number of unbranched alkanes of at least 4 members (excludes halogenated alkanes) is 3. The lowest BCUT2D eigenvalue weighted by Crippen LogP contribution is -2.43. The summed E-state index contributed by atoms with van der Waals surface area (Å²) in [6.45, 7) is 0.499. The fourth-order valence-corrected chi connectivity index (χ4v) is 3.97. The maximum absolute atomic E-state index is 14.6. The Hall–Kier alpha value is -1.80. The van der Waals surface area contributed by atoms with Gasteiger partial charge in [0, 0.05) is 29.4 Å². The molecular formula is C22H28BrF2NO4. The first-order valence-electron chi connectivity index (χ1n) is 10.2. The van der Waals surface area contributed by atoms with Crippen molar-refractivity contribution in [1.82, 2.24) is 4.90 Å². The zero-order valence-corrected chi connectivity index (χ0v) is 18.4. The highest BCUT2D eigenvalue weighted by atomic mass is 79.9. The number of carboxylic acids is 1. The Morgan fingerprint density at radius 1 is 1.30 bits per heavy atom. The van der Waals surface area contributed by atoms with Gasteiger partial charge in [0.25, 0.3) is 0 Å². The van der Waals surface area contributed by atoms with Crippen LogP contribution >= 0.6 is 15.9 Å². The second-order valence-electron chi connectivity index (χ2n) is 7.57. The first kappa shape index (κ1) is 24.5. The molecule has 1 amide bonds. The van der Waals surface area contributed by atoms with Crippen molar-refractivity contribution in [1.29, 1.82) is 0 Å². The number of nitrogens with zero attached hydrogens (tertiary/aromatic N) is 1. The first-order valence-corrected chi connectivity index (χ1v) is 11.0. The third kappa shape index (κ3) is 7.16. The summed E-state index contributed by atoms with van der Waals surface area (Å²) >= 11 is 3.16. The molecule has 2 unspecified atom stereocenters. The topological polar surface area (TPSA) is 77.8 Å². The minimum absolute atomic E-state index is 0.0188. The summed E-state index contributed by atoms with van der Waals surface area (Å²) in [4.78, 5) is 24.5. The number of aliphatic hydroxyl groups excluding tert-OH is 1. The third-order valence-electron chi connectivity index (χ3n) is 5.25. The van der Waals surface area contributed by atoms with Crippen molar-refractivity contribution in [2.45, 2.75) is 69.4 Å². The van der Waals surface area contributed by atoms with Crippen molar-refractivity contribution in [2.24, 2.45) is 0 Å². The van der Waals surface area contributed by atoms with Crippen LogP contribution in [-0.4, -0.2) is 45.7 Å². The van der Waals surface area contributed by atoms with E-state index in [1.807, 2.05) is 0 Å². The summed E-state index contributed by atoms with van der Waals surface area (Å²) in [7, 11) is 0. The van der Waals surface area contributed by atoms with Crippen molar-refractivity contribution in [3.05, 3.63) is 46.5 Å². The number of piperidine rings is 1. The zero-order valence-electron chi connectivity index (χ0n) is 16.8. The first-order chi connectivity index (χ1) is 14.2. The number of benzene rings is 1. The van der Waals surface area contributed by atoms with E-state index in [1.165, 1.54) is 24.3 Å². The number of aliphatic hydroxyl groups is 1. The van der Waals surface area contributed by atoms with Gasteiger partial charge < -0.3 is 15.1 Å². The van der Waals surface area contributed by atoms with Crippen LogP contribution in [0.1, 0.15) is 56.9 Å². The number of carbonyl (C=O) groups is 2. The molecule has 1 heterocycles. The van der Waals surface area contributed by atoms with Crippen molar-refractivity contribution < 1.29 is 28.6 Å². The SMILES string of the molecule is O=C(O)CCCCCCN1C(=O)CCCC1/C=C/C(O)C(F)(F)c1cccc(Br)c1. The minimum atomic E-state index is -3.45. The third-order valence-corrected chi connectivity index (χ3v) is 5.74. The van der Waals surface area contributed by atoms with Gasteiger partial charge in [-0.25, -0.2) is 0 Å². The van der Waals surface area contributed by atoms with Gasteiger partial charge in [0.05, 0.1) is 6.04 Å². The number of amides is 1. The molecule has 2 rings (SSSR count). The molecule has 0 aliphatic carbocycles. The monoisotopic (exact) mass is 487 g/mol. The van der Waals surface area contributed by atoms with Gasteiger partial charge in [-0.2, -0.15) is 8.78 Å². The number of carbonyl (C=O) groups excluding carboxylic acids is 1. The number of alkyl halides is 2. The van der Waals surface area contributed by atoms with Crippen molar-refractivity contribution in [2.75, 3.05) is 6.54 Å². The van der Waals surface area contributed by atoms with Gasteiger partial charge >= 0.3 is 11.9 Å². The minimum Gasteiger partial charge on any atom is -0.481 e. The highest BCUT2D eigenvalue weighted by Gasteiger charge is 2.39. The number of carboxylic acid groups (broad SMARTS) is 1. The number of rotatable bonds is 11. The number of hydrogen-bond donors (Lipinski definition) is 2. The lowest BCUT2D eigenvalue weighted by Gasteiger charge is -2.34. The molecule has 30 heavy (non-hydrogen) atoms. The van der Waals surface area contributed by atoms with E-state index in [1.54, 1.807) is 11.0 Å². The molecule has 1 saturated heterocycles. The highest BCUT2D eigenvalue weighted by molar-refractivity contribution is 9.10. The van der Waals surface area contributed by atoms with E-state index in [4.69, 9.17) is 5.11 Å². The van der Waals surface area contributed by atoms with Crippen molar-refractivity contribution >= 4 is 27.8 Å². The summed E-state index contributed by atoms with van der Waals surface area (Å²) in [6.07, 6.45) is 5.42. The van der Waals surface area contributed by atoms with Gasteiger partial charge in [-0.05, 0) is 37.8 Å². The van der Waals surface area contributed by atoms with Gasteiger partial charge in [0.1, 0.15) is 6.10 Å². The van der Waals surface area contributed by atoms with E-state index >= 15 is 0 Å². The molecule has 5 nitrogen and oxygen atoms in total. The molecule has 0 saturated carbocycles. The molecule has 0 aromatic heterocycles.